The molecule has 0 fully saturated rings. The van der Waals surface area contributed by atoms with Gasteiger partial charge in [0.2, 0.25) is 0 Å². The first-order valence-electron chi connectivity index (χ1n) is 8.33. The third kappa shape index (κ3) is 32.2. The summed E-state index contributed by atoms with van der Waals surface area (Å²) in [6.07, 6.45) is 7.92. The molecule has 1 N–H and O–H groups in total. The second-order valence-corrected chi connectivity index (χ2v) is 5.88. The quantitative estimate of drug-likeness (QED) is 0.392. The molecule has 1 nitrogen and oxygen atoms in total. The van der Waals surface area contributed by atoms with E-state index in [1.54, 1.807) is 0 Å². The molecule has 0 saturated heterocycles. The summed E-state index contributed by atoms with van der Waals surface area (Å²) in [7, 11) is -0.829. The van der Waals surface area contributed by atoms with Crippen LogP contribution in [0.3, 0.4) is 0 Å². The zero-order valence-electron chi connectivity index (χ0n) is 15.7. The number of hydrogen-bond donors (Lipinski definition) is 1. The predicted octanol–water partition coefficient (Wildman–Crippen LogP) is 7.26. The summed E-state index contributed by atoms with van der Waals surface area (Å²) in [4.78, 5) is 0.887. The molecule has 0 heterocycles. The van der Waals surface area contributed by atoms with Crippen LogP contribution in [0.15, 0.2) is 35.2 Å². The first-order valence-corrected chi connectivity index (χ1v) is 9.68. The van der Waals surface area contributed by atoms with Gasteiger partial charge in [-0.05, 0) is 28.8 Å². The van der Waals surface area contributed by atoms with Crippen LogP contribution in [0.25, 0.3) is 0 Å². The van der Waals surface area contributed by atoms with Crippen molar-refractivity contribution in [3.8, 4) is 0 Å². The minimum atomic E-state index is -0.829. The van der Waals surface area contributed by atoms with Gasteiger partial charge in [-0.1, -0.05) is 98.3 Å². The van der Waals surface area contributed by atoms with E-state index in [0.717, 1.165) is 4.90 Å². The summed E-state index contributed by atoms with van der Waals surface area (Å²) in [5.74, 6) is 3.49. The normalized spacial score (nSPS) is 9.41. The molecule has 0 aliphatic heterocycles. The van der Waals surface area contributed by atoms with E-state index < -0.39 is 10.8 Å². The topological polar surface area (TPSA) is 20.2 Å². The minimum Gasteiger partial charge on any atom is -0.333 e. The Balaban J connectivity index is -0.000000107. The van der Waals surface area contributed by atoms with Crippen molar-refractivity contribution < 1.29 is 4.55 Å². The van der Waals surface area contributed by atoms with Crippen LogP contribution in [-0.4, -0.2) is 34.3 Å². The van der Waals surface area contributed by atoms with Gasteiger partial charge in [0, 0.05) is 28.8 Å². The smallest absolute Gasteiger partial charge is 0.0264 e. The van der Waals surface area contributed by atoms with Crippen molar-refractivity contribution in [1.82, 2.24) is 0 Å². The van der Waals surface area contributed by atoms with E-state index in [9.17, 15) is 0 Å². The molecular weight excluding hydrogens is 395 g/mol. The minimum absolute atomic E-state index is 0. The van der Waals surface area contributed by atoms with Gasteiger partial charge >= 0.3 is 0 Å². The van der Waals surface area contributed by atoms with Gasteiger partial charge in [-0.3, -0.25) is 0 Å². The molecule has 1 unspecified atom stereocenters. The van der Waals surface area contributed by atoms with E-state index in [0.29, 0.717) is 0 Å². The van der Waals surface area contributed by atoms with Gasteiger partial charge in [0.15, 0.2) is 0 Å². The van der Waals surface area contributed by atoms with Crippen molar-refractivity contribution in [1.29, 1.82) is 0 Å². The Bertz CT molecular complexity index is 273. The van der Waals surface area contributed by atoms with Gasteiger partial charge in [0.1, 0.15) is 0 Å². The third-order valence-corrected chi connectivity index (χ3v) is 3.33. The molecule has 0 aliphatic carbocycles. The second-order valence-electron chi connectivity index (χ2n) is 4.68. The molecule has 130 valence electrons. The first kappa shape index (κ1) is 30.1. The second kappa shape index (κ2) is 29.2. The fraction of sp³-hybridized carbons (Fsp3) is 0.632. The maximum absolute atomic E-state index is 8.94. The maximum Gasteiger partial charge on any atom is 0.0264 e. The number of unbranched alkanes of at least 4 members (excludes halogenated alkanes) is 3. The Labute approximate surface area is 160 Å². The Morgan fingerprint density at radius 2 is 1.00 bits per heavy atom. The first-order chi connectivity index (χ1) is 10.0. The van der Waals surface area contributed by atoms with E-state index in [4.69, 9.17) is 4.55 Å². The van der Waals surface area contributed by atoms with Crippen molar-refractivity contribution in [3.63, 3.8) is 0 Å². The fourth-order valence-corrected chi connectivity index (χ4v) is 1.05. The molecular formula is C19H38OSSn. The molecule has 4 radical (unpaired) electrons. The van der Waals surface area contributed by atoms with Gasteiger partial charge in [-0.25, -0.2) is 0 Å². The molecule has 3 heteroatoms. The predicted molar refractivity (Wildman–Crippen MR) is 110 cm³/mol. The third-order valence-electron chi connectivity index (χ3n) is 2.52. The summed E-state index contributed by atoms with van der Waals surface area (Å²) in [5, 5.41) is 0. The van der Waals surface area contributed by atoms with Gasteiger partial charge in [0.25, 0.3) is 0 Å². The standard InChI is InChI=1S/C7H8OS.3C4H10.Sn/c1-9(8)7-5-3-2-4-6-7;3*1-3-4-2;/h2-6,8H,1H2;3*3-4H2,1-2H3;. The summed E-state index contributed by atoms with van der Waals surface area (Å²) in [6.45, 7) is 13.1. The van der Waals surface area contributed by atoms with Crippen LogP contribution in [0.2, 0.25) is 0 Å². The van der Waals surface area contributed by atoms with E-state index >= 15 is 0 Å². The molecule has 0 aliphatic rings. The van der Waals surface area contributed by atoms with Crippen LogP contribution >= 0.6 is 10.8 Å². The molecule has 1 rings (SSSR count). The summed E-state index contributed by atoms with van der Waals surface area (Å²) in [5.41, 5.74) is 0. The van der Waals surface area contributed by atoms with Crippen molar-refractivity contribution in [2.24, 2.45) is 0 Å². The van der Waals surface area contributed by atoms with Crippen LogP contribution in [-0.2, 0) is 0 Å². The Morgan fingerprint density at radius 3 is 1.14 bits per heavy atom. The van der Waals surface area contributed by atoms with Crippen molar-refractivity contribution in [2.75, 3.05) is 0 Å². The molecule has 1 atom stereocenters. The van der Waals surface area contributed by atoms with Crippen LogP contribution in [0.5, 0.6) is 0 Å². The largest absolute Gasteiger partial charge is 0.333 e. The molecule has 1 aromatic rings. The Morgan fingerprint density at radius 1 is 0.727 bits per heavy atom. The molecule has 1 aromatic carbocycles. The number of rotatable bonds is 4. The van der Waals surface area contributed by atoms with Crippen LogP contribution in [0.4, 0.5) is 0 Å². The van der Waals surface area contributed by atoms with E-state index in [-0.39, 0.29) is 23.9 Å². The molecule has 22 heavy (non-hydrogen) atoms. The molecule has 0 aromatic heterocycles. The average molecular weight is 433 g/mol. The number of hydrogen-bond acceptors (Lipinski definition) is 1. The SMILES string of the molecule is C=S(O)c1ccccc1.CCCC.CCCC.CCCC.[Sn]. The van der Waals surface area contributed by atoms with Gasteiger partial charge in [-0.2, -0.15) is 0 Å². The van der Waals surface area contributed by atoms with Crippen LogP contribution < -0.4 is 0 Å². The van der Waals surface area contributed by atoms with Crippen LogP contribution in [0, 0.1) is 0 Å². The van der Waals surface area contributed by atoms with E-state index in [1.165, 1.54) is 38.5 Å². The van der Waals surface area contributed by atoms with E-state index in [1.807, 2.05) is 30.3 Å². The zero-order chi connectivity index (χ0) is 16.9. The molecule has 0 bridgehead atoms. The Hall–Kier alpha value is 0.199. The molecule has 0 spiro atoms. The zero-order valence-corrected chi connectivity index (χ0v) is 19.4. The maximum atomic E-state index is 8.94. The van der Waals surface area contributed by atoms with Crippen LogP contribution in [0.1, 0.15) is 80.1 Å². The summed E-state index contributed by atoms with van der Waals surface area (Å²) >= 11 is 0. The van der Waals surface area contributed by atoms with Crippen molar-refractivity contribution >= 4 is 40.5 Å². The van der Waals surface area contributed by atoms with Crippen molar-refractivity contribution in [2.45, 2.75) is 85.0 Å². The molecule has 0 amide bonds. The molecule has 0 saturated carbocycles. The summed E-state index contributed by atoms with van der Waals surface area (Å²) in [6, 6.07) is 9.40. The number of benzene rings is 1. The Kier molecular flexibility index (Phi) is 40.0. The van der Waals surface area contributed by atoms with E-state index in [2.05, 4.69) is 47.4 Å². The average Bonchev–Trinajstić information content (AvgIpc) is 2.56. The fourth-order valence-electron chi connectivity index (χ4n) is 0.578. The van der Waals surface area contributed by atoms with Crippen molar-refractivity contribution in [3.05, 3.63) is 30.3 Å². The summed E-state index contributed by atoms with van der Waals surface area (Å²) < 4.78 is 8.94. The van der Waals surface area contributed by atoms with Gasteiger partial charge < -0.3 is 4.55 Å². The monoisotopic (exact) mass is 434 g/mol. The van der Waals surface area contributed by atoms with Gasteiger partial charge in [0.05, 0.1) is 0 Å². The van der Waals surface area contributed by atoms with Gasteiger partial charge in [-0.15, -0.1) is 0 Å².